The summed E-state index contributed by atoms with van der Waals surface area (Å²) < 4.78 is 21.9. The maximum atomic E-state index is 13.5. The number of morpholine rings is 1. The van der Waals surface area contributed by atoms with Crippen molar-refractivity contribution in [2.75, 3.05) is 52.0 Å². The van der Waals surface area contributed by atoms with E-state index in [0.29, 0.717) is 54.8 Å². The van der Waals surface area contributed by atoms with Crippen molar-refractivity contribution in [3.8, 4) is 17.2 Å². The fourth-order valence-electron chi connectivity index (χ4n) is 3.74. The van der Waals surface area contributed by atoms with Gasteiger partial charge in [0.1, 0.15) is 5.75 Å². The highest BCUT2D eigenvalue weighted by Crippen LogP contribution is 2.38. The molecule has 2 aromatic rings. The first-order valence-electron chi connectivity index (χ1n) is 9.89. The number of ether oxygens (including phenoxy) is 4. The molecule has 2 aliphatic heterocycles. The molecule has 0 spiro atoms. The number of anilines is 1. The first-order chi connectivity index (χ1) is 15.0. The van der Waals surface area contributed by atoms with Crippen LogP contribution < -0.4 is 19.1 Å². The number of amides is 2. The number of carbonyl (C=O) groups excluding carboxylic acids is 2. The van der Waals surface area contributed by atoms with Gasteiger partial charge in [-0.25, -0.2) is 0 Å². The summed E-state index contributed by atoms with van der Waals surface area (Å²) >= 11 is 6.30. The van der Waals surface area contributed by atoms with Crippen molar-refractivity contribution < 1.29 is 28.5 Å². The molecule has 164 valence electrons. The standard InChI is InChI=1S/C22H23ClN2O6/c1-28-18-12-14(11-15(23)20(18)29-2)21(26)25-13-19(22(27)24-7-9-30-10-8-24)31-17-6-4-3-5-16(17)25/h3-6,11-12,19H,7-10,13H2,1-2H3/t19-/m1/s1. The molecule has 0 bridgehead atoms. The van der Waals surface area contributed by atoms with Crippen LogP contribution in [0.25, 0.3) is 0 Å². The Bertz CT molecular complexity index is 992. The Morgan fingerprint density at radius 1 is 1.10 bits per heavy atom. The Balaban J connectivity index is 1.67. The SMILES string of the molecule is COc1cc(C(=O)N2C[C@H](C(=O)N3CCOCC3)Oc3ccccc32)cc(Cl)c1OC. The molecule has 1 fully saturated rings. The van der Waals surface area contributed by atoms with E-state index in [9.17, 15) is 9.59 Å². The smallest absolute Gasteiger partial charge is 0.265 e. The van der Waals surface area contributed by atoms with Gasteiger partial charge >= 0.3 is 0 Å². The van der Waals surface area contributed by atoms with Crippen LogP contribution in [0.4, 0.5) is 5.69 Å². The van der Waals surface area contributed by atoms with Crippen LogP contribution in [0.3, 0.4) is 0 Å². The fraction of sp³-hybridized carbons (Fsp3) is 0.364. The van der Waals surface area contributed by atoms with Crippen molar-refractivity contribution in [2.45, 2.75) is 6.10 Å². The van der Waals surface area contributed by atoms with E-state index in [1.54, 1.807) is 34.1 Å². The van der Waals surface area contributed by atoms with Crippen LogP contribution in [0.5, 0.6) is 17.2 Å². The highest BCUT2D eigenvalue weighted by Gasteiger charge is 2.37. The molecule has 0 aliphatic carbocycles. The molecule has 9 heteroatoms. The van der Waals surface area contributed by atoms with Crippen molar-refractivity contribution >= 4 is 29.1 Å². The number of para-hydroxylation sites is 2. The minimum Gasteiger partial charge on any atom is -0.493 e. The third-order valence-electron chi connectivity index (χ3n) is 5.30. The normalized spacial score (nSPS) is 18.1. The van der Waals surface area contributed by atoms with E-state index in [4.69, 9.17) is 30.5 Å². The molecule has 2 heterocycles. The lowest BCUT2D eigenvalue weighted by Gasteiger charge is -2.37. The Hall–Kier alpha value is -2.97. The molecular weight excluding hydrogens is 424 g/mol. The molecule has 0 aromatic heterocycles. The highest BCUT2D eigenvalue weighted by molar-refractivity contribution is 6.33. The molecular formula is C22H23ClN2O6. The molecule has 31 heavy (non-hydrogen) atoms. The minimum absolute atomic E-state index is 0.0814. The predicted octanol–water partition coefficient (Wildman–Crippen LogP) is 2.62. The molecule has 2 aromatic carbocycles. The number of hydrogen-bond donors (Lipinski definition) is 0. The predicted molar refractivity (Wildman–Crippen MR) is 114 cm³/mol. The maximum Gasteiger partial charge on any atom is 0.265 e. The van der Waals surface area contributed by atoms with E-state index in [-0.39, 0.29) is 23.4 Å². The molecule has 0 saturated carbocycles. The van der Waals surface area contributed by atoms with Gasteiger partial charge in [-0.2, -0.15) is 0 Å². The van der Waals surface area contributed by atoms with Crippen LogP contribution in [-0.2, 0) is 9.53 Å². The second kappa shape index (κ2) is 9.03. The van der Waals surface area contributed by atoms with Crippen LogP contribution in [0.1, 0.15) is 10.4 Å². The molecule has 0 unspecified atom stereocenters. The van der Waals surface area contributed by atoms with Gasteiger partial charge in [-0.3, -0.25) is 9.59 Å². The average Bonchev–Trinajstić information content (AvgIpc) is 2.82. The number of halogens is 1. The summed E-state index contributed by atoms with van der Waals surface area (Å²) in [7, 11) is 2.95. The topological polar surface area (TPSA) is 77.5 Å². The average molecular weight is 447 g/mol. The van der Waals surface area contributed by atoms with E-state index in [0.717, 1.165) is 0 Å². The Morgan fingerprint density at radius 3 is 2.55 bits per heavy atom. The molecule has 8 nitrogen and oxygen atoms in total. The molecule has 0 radical (unpaired) electrons. The second-order valence-corrected chi connectivity index (χ2v) is 7.53. The molecule has 1 saturated heterocycles. The molecule has 2 amide bonds. The quantitative estimate of drug-likeness (QED) is 0.718. The largest absolute Gasteiger partial charge is 0.493 e. The third kappa shape index (κ3) is 4.13. The Labute approximate surface area is 185 Å². The van der Waals surface area contributed by atoms with Crippen LogP contribution >= 0.6 is 11.6 Å². The molecule has 1 atom stereocenters. The first kappa shape index (κ1) is 21.3. The fourth-order valence-corrected chi connectivity index (χ4v) is 4.03. The maximum absolute atomic E-state index is 13.5. The van der Waals surface area contributed by atoms with Gasteiger partial charge < -0.3 is 28.7 Å². The van der Waals surface area contributed by atoms with Crippen LogP contribution in [-0.4, -0.2) is 69.9 Å². The monoisotopic (exact) mass is 446 g/mol. The summed E-state index contributed by atoms with van der Waals surface area (Å²) in [6.07, 6.45) is -0.812. The lowest BCUT2D eigenvalue weighted by Crippen LogP contribution is -2.54. The van der Waals surface area contributed by atoms with Gasteiger partial charge in [0.05, 0.1) is 44.7 Å². The Kier molecular flexibility index (Phi) is 6.20. The van der Waals surface area contributed by atoms with E-state index >= 15 is 0 Å². The van der Waals surface area contributed by atoms with E-state index in [1.807, 2.05) is 6.07 Å². The van der Waals surface area contributed by atoms with Crippen LogP contribution in [0, 0.1) is 0 Å². The van der Waals surface area contributed by atoms with Gasteiger partial charge in [0.25, 0.3) is 11.8 Å². The van der Waals surface area contributed by atoms with Gasteiger partial charge in [-0.05, 0) is 24.3 Å². The second-order valence-electron chi connectivity index (χ2n) is 7.12. The number of fused-ring (bicyclic) bond motifs is 1. The van der Waals surface area contributed by atoms with Crippen molar-refractivity contribution in [3.63, 3.8) is 0 Å². The zero-order chi connectivity index (χ0) is 22.0. The third-order valence-corrected chi connectivity index (χ3v) is 5.58. The first-order valence-corrected chi connectivity index (χ1v) is 10.3. The van der Waals surface area contributed by atoms with Crippen molar-refractivity contribution in [2.24, 2.45) is 0 Å². The van der Waals surface area contributed by atoms with E-state index in [1.165, 1.54) is 20.3 Å². The van der Waals surface area contributed by atoms with Crippen molar-refractivity contribution in [1.82, 2.24) is 4.90 Å². The number of methoxy groups -OCH3 is 2. The Morgan fingerprint density at radius 2 is 1.84 bits per heavy atom. The van der Waals surface area contributed by atoms with Gasteiger partial charge in [0.2, 0.25) is 0 Å². The number of rotatable bonds is 4. The van der Waals surface area contributed by atoms with E-state index in [2.05, 4.69) is 0 Å². The van der Waals surface area contributed by atoms with Crippen molar-refractivity contribution in [1.29, 1.82) is 0 Å². The summed E-state index contributed by atoms with van der Waals surface area (Å²) in [6, 6.07) is 10.2. The van der Waals surface area contributed by atoms with E-state index < -0.39 is 6.10 Å². The van der Waals surface area contributed by atoms with Gasteiger partial charge in [-0.1, -0.05) is 23.7 Å². The van der Waals surface area contributed by atoms with Crippen LogP contribution in [0.15, 0.2) is 36.4 Å². The van der Waals surface area contributed by atoms with Gasteiger partial charge in [-0.15, -0.1) is 0 Å². The lowest BCUT2D eigenvalue weighted by atomic mass is 10.1. The number of benzene rings is 2. The highest BCUT2D eigenvalue weighted by atomic mass is 35.5. The summed E-state index contributed by atoms with van der Waals surface area (Å²) in [5.74, 6) is 0.684. The number of nitrogens with zero attached hydrogens (tertiary/aromatic N) is 2. The number of hydrogen-bond acceptors (Lipinski definition) is 6. The summed E-state index contributed by atoms with van der Waals surface area (Å²) in [5, 5.41) is 0.257. The van der Waals surface area contributed by atoms with Crippen LogP contribution in [0.2, 0.25) is 5.02 Å². The number of carbonyl (C=O) groups is 2. The van der Waals surface area contributed by atoms with Gasteiger partial charge in [0, 0.05) is 18.7 Å². The minimum atomic E-state index is -0.812. The summed E-state index contributed by atoms with van der Waals surface area (Å²) in [6.45, 7) is 2.06. The zero-order valence-electron chi connectivity index (χ0n) is 17.3. The van der Waals surface area contributed by atoms with Gasteiger partial charge in [0.15, 0.2) is 17.6 Å². The summed E-state index contributed by atoms with van der Waals surface area (Å²) in [5.41, 5.74) is 0.904. The summed E-state index contributed by atoms with van der Waals surface area (Å²) in [4.78, 5) is 29.8. The molecule has 2 aliphatic rings. The zero-order valence-corrected chi connectivity index (χ0v) is 18.1. The lowest BCUT2D eigenvalue weighted by molar-refractivity contribution is -0.142. The van der Waals surface area contributed by atoms with Crippen molar-refractivity contribution in [3.05, 3.63) is 47.0 Å². The molecule has 4 rings (SSSR count). The molecule has 0 N–H and O–H groups in total.